The van der Waals surface area contributed by atoms with Crippen molar-refractivity contribution in [2.75, 3.05) is 14.2 Å². The van der Waals surface area contributed by atoms with Crippen LogP contribution in [0.1, 0.15) is 29.4 Å². The zero-order valence-electron chi connectivity index (χ0n) is 16.5. The summed E-state index contributed by atoms with van der Waals surface area (Å²) in [6.07, 6.45) is -0.616. The molecule has 3 aromatic rings. The van der Waals surface area contributed by atoms with Crippen LogP contribution in [0.3, 0.4) is 0 Å². The van der Waals surface area contributed by atoms with Crippen LogP contribution in [0.25, 0.3) is 11.2 Å². The van der Waals surface area contributed by atoms with Gasteiger partial charge in [-0.25, -0.2) is 14.6 Å². The quantitative estimate of drug-likeness (QED) is 0.405. The number of benzene rings is 1. The molecule has 0 fully saturated rings. The van der Waals surface area contributed by atoms with Crippen LogP contribution in [0.4, 0.5) is 0 Å². The number of ketones is 1. The van der Waals surface area contributed by atoms with Gasteiger partial charge in [0.2, 0.25) is 0 Å². The number of hydrogen-bond acceptors (Lipinski definition) is 9. The van der Waals surface area contributed by atoms with Crippen LogP contribution >= 0.6 is 11.6 Å². The summed E-state index contributed by atoms with van der Waals surface area (Å²) in [5.74, 6) is -3.56. The van der Waals surface area contributed by atoms with Gasteiger partial charge in [-0.05, 0) is 18.6 Å². The molecule has 0 radical (unpaired) electrons. The van der Waals surface area contributed by atoms with Crippen molar-refractivity contribution in [1.29, 1.82) is 0 Å². The van der Waals surface area contributed by atoms with Gasteiger partial charge in [0.05, 0.1) is 26.5 Å². The van der Waals surface area contributed by atoms with E-state index < -0.39 is 30.1 Å². The van der Waals surface area contributed by atoms with Gasteiger partial charge in [-0.1, -0.05) is 35.0 Å². The van der Waals surface area contributed by atoms with E-state index >= 15 is 0 Å². The number of aryl methyl sites for hydroxylation is 1. The molecule has 0 unspecified atom stereocenters. The Balaban J connectivity index is 2.09. The maximum Gasteiger partial charge on any atom is 0.322 e. The van der Waals surface area contributed by atoms with Gasteiger partial charge in [0, 0.05) is 5.02 Å². The Hall–Kier alpha value is -3.40. The first-order valence-electron chi connectivity index (χ1n) is 8.84. The molecule has 11 heteroatoms. The van der Waals surface area contributed by atoms with Gasteiger partial charge in [0.15, 0.2) is 22.9 Å². The van der Waals surface area contributed by atoms with Gasteiger partial charge in [-0.3, -0.25) is 14.4 Å². The highest BCUT2D eigenvalue weighted by Gasteiger charge is 2.35. The van der Waals surface area contributed by atoms with Gasteiger partial charge in [0.1, 0.15) is 12.2 Å². The van der Waals surface area contributed by atoms with E-state index in [1.165, 1.54) is 4.68 Å². The molecular weight excluding hydrogens is 414 g/mol. The molecule has 0 saturated carbocycles. The number of rotatable bonds is 7. The normalized spacial score (nSPS) is 11.9. The Kier molecular flexibility index (Phi) is 6.36. The predicted molar refractivity (Wildman–Crippen MR) is 105 cm³/mol. The largest absolute Gasteiger partial charge is 0.469 e. The Morgan fingerprint density at radius 2 is 1.87 bits per heavy atom. The maximum absolute atomic E-state index is 12.7. The Morgan fingerprint density at radius 1 is 1.13 bits per heavy atom. The SMILES string of the molecule is COC(=O)CC(=O)[C@H](C(=O)OC)c1nc(C)nc2c1nnn2Cc1ccccc1Cl. The summed E-state index contributed by atoms with van der Waals surface area (Å²) < 4.78 is 10.8. The minimum absolute atomic E-state index is 0.0173. The molecule has 0 N–H and O–H groups in total. The fraction of sp³-hybridized carbons (Fsp3) is 0.316. The molecule has 0 spiro atoms. The molecule has 10 nitrogen and oxygen atoms in total. The van der Waals surface area contributed by atoms with Crippen LogP contribution in [-0.2, 0) is 30.4 Å². The minimum atomic E-state index is -1.47. The number of ether oxygens (including phenoxy) is 2. The molecule has 0 aliphatic carbocycles. The Bertz CT molecular complexity index is 1130. The highest BCUT2D eigenvalue weighted by Crippen LogP contribution is 2.26. The lowest BCUT2D eigenvalue weighted by atomic mass is 9.96. The highest BCUT2D eigenvalue weighted by atomic mass is 35.5. The van der Waals surface area contributed by atoms with Crippen LogP contribution in [0, 0.1) is 6.92 Å². The fourth-order valence-electron chi connectivity index (χ4n) is 2.92. The summed E-state index contributed by atoms with van der Waals surface area (Å²) in [6.45, 7) is 1.87. The van der Waals surface area contributed by atoms with Crippen LogP contribution in [0.15, 0.2) is 24.3 Å². The molecule has 0 aliphatic heterocycles. The van der Waals surface area contributed by atoms with Crippen molar-refractivity contribution in [2.24, 2.45) is 0 Å². The number of halogens is 1. The first kappa shape index (κ1) is 21.3. The molecular formula is C19H18ClN5O5. The average molecular weight is 432 g/mol. The van der Waals surface area contributed by atoms with Crippen molar-refractivity contribution in [3.05, 3.63) is 46.4 Å². The molecule has 30 heavy (non-hydrogen) atoms. The van der Waals surface area contributed by atoms with Gasteiger partial charge in [0.25, 0.3) is 0 Å². The van der Waals surface area contributed by atoms with Crippen LogP contribution in [0.5, 0.6) is 0 Å². The first-order valence-corrected chi connectivity index (χ1v) is 9.22. The molecule has 0 saturated heterocycles. The van der Waals surface area contributed by atoms with Crippen LogP contribution < -0.4 is 0 Å². The van der Waals surface area contributed by atoms with E-state index in [0.29, 0.717) is 16.5 Å². The van der Waals surface area contributed by atoms with Crippen LogP contribution in [0.2, 0.25) is 5.02 Å². The summed E-state index contributed by atoms with van der Waals surface area (Å²) in [4.78, 5) is 45.2. The van der Waals surface area contributed by atoms with E-state index in [0.717, 1.165) is 19.8 Å². The molecule has 0 amide bonds. The number of Topliss-reactive ketones (excluding diaryl/α,β-unsaturated/α-hetero) is 1. The zero-order chi connectivity index (χ0) is 21.8. The number of hydrogen-bond donors (Lipinski definition) is 0. The fourth-order valence-corrected chi connectivity index (χ4v) is 3.11. The monoisotopic (exact) mass is 431 g/mol. The summed E-state index contributed by atoms with van der Waals surface area (Å²) in [7, 11) is 2.29. The number of esters is 2. The standard InChI is InChI=1S/C19H18ClN5O5/c1-10-21-16(15(19(28)30-3)13(26)8-14(27)29-2)17-18(22-10)25(24-23-17)9-11-6-4-5-7-12(11)20/h4-7,15H,8-9H2,1-3H3/t15-/m0/s1. The third-order valence-electron chi connectivity index (χ3n) is 4.36. The molecule has 1 aromatic carbocycles. The van der Waals surface area contributed by atoms with Crippen molar-refractivity contribution in [3.8, 4) is 0 Å². The number of carbonyl (C=O) groups is 3. The lowest BCUT2D eigenvalue weighted by Crippen LogP contribution is -2.27. The summed E-state index contributed by atoms with van der Waals surface area (Å²) in [5, 5.41) is 8.71. The second kappa shape index (κ2) is 8.95. The van der Waals surface area contributed by atoms with Gasteiger partial charge < -0.3 is 9.47 Å². The van der Waals surface area contributed by atoms with E-state index in [-0.39, 0.29) is 17.8 Å². The zero-order valence-corrected chi connectivity index (χ0v) is 17.2. The molecule has 156 valence electrons. The van der Waals surface area contributed by atoms with Crippen LogP contribution in [-0.4, -0.2) is 56.9 Å². The second-order valence-corrected chi connectivity index (χ2v) is 6.75. The number of methoxy groups -OCH3 is 2. The first-order chi connectivity index (χ1) is 14.3. The molecule has 3 rings (SSSR count). The number of nitrogens with zero attached hydrogens (tertiary/aromatic N) is 5. The summed E-state index contributed by atoms with van der Waals surface area (Å²) >= 11 is 6.23. The van der Waals surface area contributed by atoms with Crippen molar-refractivity contribution >= 4 is 40.5 Å². The van der Waals surface area contributed by atoms with Gasteiger partial charge in [-0.15, -0.1) is 5.10 Å². The summed E-state index contributed by atoms with van der Waals surface area (Å²) in [6, 6.07) is 7.23. The third-order valence-corrected chi connectivity index (χ3v) is 4.73. The second-order valence-electron chi connectivity index (χ2n) is 6.34. The lowest BCUT2D eigenvalue weighted by molar-refractivity contribution is -0.148. The van der Waals surface area contributed by atoms with Crippen molar-refractivity contribution in [1.82, 2.24) is 25.0 Å². The lowest BCUT2D eigenvalue weighted by Gasteiger charge is -2.13. The van der Waals surface area contributed by atoms with E-state index in [9.17, 15) is 14.4 Å². The highest BCUT2D eigenvalue weighted by molar-refractivity contribution is 6.31. The number of aromatic nitrogens is 5. The smallest absolute Gasteiger partial charge is 0.322 e. The van der Waals surface area contributed by atoms with Crippen molar-refractivity contribution in [2.45, 2.75) is 25.8 Å². The van der Waals surface area contributed by atoms with Crippen molar-refractivity contribution < 1.29 is 23.9 Å². The molecule has 0 aliphatic rings. The van der Waals surface area contributed by atoms with Crippen molar-refractivity contribution in [3.63, 3.8) is 0 Å². The number of fused-ring (bicyclic) bond motifs is 1. The molecule has 1 atom stereocenters. The number of carbonyl (C=O) groups excluding carboxylic acids is 3. The summed E-state index contributed by atoms with van der Waals surface area (Å²) in [5.41, 5.74) is 1.28. The molecule has 0 bridgehead atoms. The third kappa shape index (κ3) is 4.28. The van der Waals surface area contributed by atoms with E-state index in [1.807, 2.05) is 18.2 Å². The predicted octanol–water partition coefficient (Wildman–Crippen LogP) is 1.62. The molecule has 2 heterocycles. The average Bonchev–Trinajstić information content (AvgIpc) is 3.12. The van der Waals surface area contributed by atoms with E-state index in [4.69, 9.17) is 16.3 Å². The Labute approximate surface area is 176 Å². The van der Waals surface area contributed by atoms with Gasteiger partial charge in [-0.2, -0.15) is 0 Å². The topological polar surface area (TPSA) is 126 Å². The van der Waals surface area contributed by atoms with E-state index in [1.54, 1.807) is 13.0 Å². The molecule has 2 aromatic heterocycles. The van der Waals surface area contributed by atoms with Gasteiger partial charge >= 0.3 is 11.9 Å². The Morgan fingerprint density at radius 3 is 2.53 bits per heavy atom. The van der Waals surface area contributed by atoms with E-state index in [2.05, 4.69) is 25.0 Å². The minimum Gasteiger partial charge on any atom is -0.469 e. The maximum atomic E-state index is 12.7.